The number of hydrogen-bond donors (Lipinski definition) is 0. The Labute approximate surface area is 208 Å². The van der Waals surface area contributed by atoms with Crippen molar-refractivity contribution in [3.63, 3.8) is 0 Å². The summed E-state index contributed by atoms with van der Waals surface area (Å²) < 4.78 is 6.09. The van der Waals surface area contributed by atoms with Crippen LogP contribution in [0.3, 0.4) is 0 Å². The minimum atomic E-state index is 0.0203. The van der Waals surface area contributed by atoms with Gasteiger partial charge in [0.2, 0.25) is 0 Å². The summed E-state index contributed by atoms with van der Waals surface area (Å²) in [7, 11) is 1.82. The summed E-state index contributed by atoms with van der Waals surface area (Å²) in [4.78, 5) is 0. The van der Waals surface area contributed by atoms with Gasteiger partial charge in [-0.05, 0) is 71.3 Å². The van der Waals surface area contributed by atoms with Crippen LogP contribution in [0.15, 0.2) is 54.6 Å². The van der Waals surface area contributed by atoms with Crippen molar-refractivity contribution in [1.82, 2.24) is 0 Å². The summed E-state index contributed by atoms with van der Waals surface area (Å²) in [5.74, 6) is 3.34. The van der Waals surface area contributed by atoms with Crippen molar-refractivity contribution in [3.05, 3.63) is 76.9 Å². The summed E-state index contributed by atoms with van der Waals surface area (Å²) in [6, 6.07) is 11.9. The third-order valence-electron chi connectivity index (χ3n) is 7.82. The molecule has 0 amide bonds. The molecule has 0 saturated carbocycles. The van der Waals surface area contributed by atoms with Crippen LogP contribution < -0.4 is 4.74 Å². The molecule has 2 unspecified atom stereocenters. The van der Waals surface area contributed by atoms with Gasteiger partial charge in [0.25, 0.3) is 0 Å². The first-order valence-corrected chi connectivity index (χ1v) is 13.2. The molecule has 0 saturated heterocycles. The molecule has 0 heterocycles. The lowest BCUT2D eigenvalue weighted by atomic mass is 9.63. The summed E-state index contributed by atoms with van der Waals surface area (Å²) in [5.41, 5.74) is 8.36. The predicted octanol–water partition coefficient (Wildman–Crippen LogP) is 9.14. The Morgan fingerprint density at radius 3 is 2.15 bits per heavy atom. The average molecular weight is 457 g/mol. The van der Waals surface area contributed by atoms with Gasteiger partial charge in [0.15, 0.2) is 0 Å². The molecule has 0 aromatic heterocycles. The topological polar surface area (TPSA) is 9.23 Å². The lowest BCUT2D eigenvalue weighted by Crippen LogP contribution is -2.35. The molecule has 1 nitrogen and oxygen atoms in total. The number of allylic oxidation sites excluding steroid dienone is 4. The van der Waals surface area contributed by atoms with E-state index >= 15 is 0 Å². The minimum absolute atomic E-state index is 0.0203. The molecular weight excluding hydrogens is 412 g/mol. The Balaban J connectivity index is 1.97. The van der Waals surface area contributed by atoms with E-state index in [0.29, 0.717) is 23.7 Å². The first-order chi connectivity index (χ1) is 16.0. The zero-order valence-electron chi connectivity index (χ0n) is 22.8. The van der Waals surface area contributed by atoms with Crippen molar-refractivity contribution in [2.75, 3.05) is 7.11 Å². The van der Waals surface area contributed by atoms with Crippen LogP contribution in [0.2, 0.25) is 0 Å². The fourth-order valence-electron chi connectivity index (χ4n) is 6.85. The van der Waals surface area contributed by atoms with Gasteiger partial charge in [-0.1, -0.05) is 97.0 Å². The van der Waals surface area contributed by atoms with Gasteiger partial charge in [-0.3, -0.25) is 0 Å². The Morgan fingerprint density at radius 2 is 1.56 bits per heavy atom. The van der Waals surface area contributed by atoms with E-state index in [9.17, 15) is 0 Å². The van der Waals surface area contributed by atoms with Gasteiger partial charge in [-0.25, -0.2) is 0 Å². The second kappa shape index (κ2) is 9.06. The molecule has 4 rings (SSSR count). The quantitative estimate of drug-likeness (QED) is 0.421. The maximum atomic E-state index is 6.09. The summed E-state index contributed by atoms with van der Waals surface area (Å²) in [6.45, 7) is 18.6. The highest BCUT2D eigenvalue weighted by molar-refractivity contribution is 5.76. The van der Waals surface area contributed by atoms with Gasteiger partial charge in [0, 0.05) is 22.5 Å². The van der Waals surface area contributed by atoms with Crippen LogP contribution in [0, 0.1) is 24.7 Å². The fourth-order valence-corrected chi connectivity index (χ4v) is 6.85. The maximum Gasteiger partial charge on any atom is 0.130 e. The second-order valence-corrected chi connectivity index (χ2v) is 12.6. The van der Waals surface area contributed by atoms with Crippen molar-refractivity contribution in [2.45, 2.75) is 85.0 Å². The van der Waals surface area contributed by atoms with Crippen LogP contribution in [0.25, 0.3) is 11.1 Å². The number of methoxy groups -OCH3 is 1. The molecule has 2 aliphatic rings. The number of hydrogen-bond acceptors (Lipinski definition) is 1. The summed E-state index contributed by atoms with van der Waals surface area (Å²) in [6.07, 6.45) is 11.9. The zero-order chi connectivity index (χ0) is 24.8. The van der Waals surface area contributed by atoms with Crippen LogP contribution in [-0.4, -0.2) is 7.11 Å². The van der Waals surface area contributed by atoms with E-state index in [1.54, 1.807) is 5.56 Å². The Hall–Kier alpha value is -2.28. The maximum absolute atomic E-state index is 6.09. The third-order valence-corrected chi connectivity index (χ3v) is 7.82. The smallest absolute Gasteiger partial charge is 0.130 e. The molecule has 1 heteroatoms. The van der Waals surface area contributed by atoms with Crippen LogP contribution >= 0.6 is 0 Å². The molecule has 0 N–H and O–H groups in total. The molecule has 2 aromatic carbocycles. The molecule has 2 aromatic rings. The highest BCUT2D eigenvalue weighted by Crippen LogP contribution is 2.59. The number of ether oxygens (including phenoxy) is 1. The predicted molar refractivity (Wildman–Crippen MR) is 147 cm³/mol. The van der Waals surface area contributed by atoms with Crippen molar-refractivity contribution in [2.24, 2.45) is 17.8 Å². The van der Waals surface area contributed by atoms with Crippen LogP contribution in [0.4, 0.5) is 0 Å². The lowest BCUT2D eigenvalue weighted by molar-refractivity contribution is 0.224. The van der Waals surface area contributed by atoms with Crippen LogP contribution in [0.1, 0.15) is 89.5 Å². The zero-order valence-corrected chi connectivity index (χ0v) is 22.8. The van der Waals surface area contributed by atoms with E-state index in [4.69, 9.17) is 4.74 Å². The number of rotatable bonds is 6. The molecule has 0 spiro atoms. The third kappa shape index (κ3) is 4.28. The van der Waals surface area contributed by atoms with Gasteiger partial charge < -0.3 is 4.74 Å². The van der Waals surface area contributed by atoms with Gasteiger partial charge in [-0.15, -0.1) is 0 Å². The van der Waals surface area contributed by atoms with Crippen molar-refractivity contribution in [3.8, 4) is 16.9 Å². The van der Waals surface area contributed by atoms with Gasteiger partial charge in [-0.2, -0.15) is 0 Å². The molecule has 2 aliphatic carbocycles. The monoisotopic (exact) mass is 456 g/mol. The largest absolute Gasteiger partial charge is 0.496 e. The Kier molecular flexibility index (Phi) is 6.62. The van der Waals surface area contributed by atoms with E-state index in [2.05, 4.69) is 110 Å². The first-order valence-electron chi connectivity index (χ1n) is 13.2. The fraction of sp³-hybridized carbons (Fsp3) is 0.515. The Bertz CT molecular complexity index is 1100. The number of benzene rings is 2. The number of aryl methyl sites for hydroxylation is 1. The molecule has 0 fully saturated rings. The molecule has 0 radical (unpaired) electrons. The molecule has 0 aliphatic heterocycles. The lowest BCUT2D eigenvalue weighted by Gasteiger charge is -2.40. The highest BCUT2D eigenvalue weighted by Gasteiger charge is 2.50. The van der Waals surface area contributed by atoms with Crippen molar-refractivity contribution >= 4 is 0 Å². The highest BCUT2D eigenvalue weighted by atomic mass is 16.5. The Morgan fingerprint density at radius 1 is 0.912 bits per heavy atom. The van der Waals surface area contributed by atoms with Crippen LogP contribution in [0.5, 0.6) is 5.75 Å². The molecular formula is C33H44O. The molecule has 182 valence electrons. The van der Waals surface area contributed by atoms with E-state index in [-0.39, 0.29) is 10.8 Å². The van der Waals surface area contributed by atoms with Crippen LogP contribution in [-0.2, 0) is 10.8 Å². The first kappa shape index (κ1) is 24.8. The van der Waals surface area contributed by atoms with E-state index < -0.39 is 0 Å². The average Bonchev–Trinajstić information content (AvgIpc) is 3.01. The summed E-state index contributed by atoms with van der Waals surface area (Å²) >= 11 is 0. The van der Waals surface area contributed by atoms with Gasteiger partial charge in [0.05, 0.1) is 7.11 Å². The van der Waals surface area contributed by atoms with E-state index in [1.807, 2.05) is 7.11 Å². The SMILES string of the molecule is COc1c(-c2ccc3c(c2)C(CC(C)C)(CC(C)C)C2C=CC=CC32)cc(C)cc1C(C)(C)C. The molecule has 0 bridgehead atoms. The molecule has 34 heavy (non-hydrogen) atoms. The molecule has 2 atom stereocenters. The minimum Gasteiger partial charge on any atom is -0.496 e. The van der Waals surface area contributed by atoms with Crippen molar-refractivity contribution < 1.29 is 4.74 Å². The van der Waals surface area contributed by atoms with Gasteiger partial charge >= 0.3 is 0 Å². The van der Waals surface area contributed by atoms with Crippen molar-refractivity contribution in [1.29, 1.82) is 0 Å². The second-order valence-electron chi connectivity index (χ2n) is 12.6. The normalized spacial score (nSPS) is 20.7. The standard InChI is InChI=1S/C33H44O/c1-21(2)19-33(20-22(3)4)28-13-11-10-12-25(28)26-15-14-24(18-29(26)33)27-16-23(5)17-30(31(27)34-9)32(6,7)8/h10-18,21-22,25,28H,19-20H2,1-9H3. The van der Waals surface area contributed by atoms with E-state index in [1.165, 1.54) is 40.7 Å². The van der Waals surface area contributed by atoms with E-state index in [0.717, 1.165) is 5.75 Å². The van der Waals surface area contributed by atoms with Gasteiger partial charge in [0.1, 0.15) is 5.75 Å². The summed E-state index contributed by atoms with van der Waals surface area (Å²) in [5, 5.41) is 0. The number of fused-ring (bicyclic) bond motifs is 3.